The number of ether oxygens (including phenoxy) is 1. The molecule has 3 aliphatic heterocycles. The van der Waals surface area contributed by atoms with E-state index in [0.717, 1.165) is 63.2 Å². The summed E-state index contributed by atoms with van der Waals surface area (Å²) in [6.07, 6.45) is 3.48. The second kappa shape index (κ2) is 7.75. The molecule has 2 atom stereocenters. The largest absolute Gasteiger partial charge is 0.483 e. The first-order valence-electron chi connectivity index (χ1n) is 9.71. The fourth-order valence-corrected chi connectivity index (χ4v) is 4.47. The minimum Gasteiger partial charge on any atom is -0.483 e. The maximum atomic E-state index is 12.3. The van der Waals surface area contributed by atoms with Gasteiger partial charge in [-0.15, -0.1) is 0 Å². The normalized spacial score (nSPS) is 26.6. The van der Waals surface area contributed by atoms with Crippen LogP contribution >= 0.6 is 0 Å². The van der Waals surface area contributed by atoms with Crippen LogP contribution in [0.15, 0.2) is 24.3 Å². The Morgan fingerprint density at radius 3 is 2.56 bits per heavy atom. The van der Waals surface area contributed by atoms with E-state index in [1.54, 1.807) is 0 Å². The maximum Gasteiger partial charge on any atom is 0.260 e. The van der Waals surface area contributed by atoms with E-state index in [4.69, 9.17) is 4.74 Å². The van der Waals surface area contributed by atoms with E-state index in [1.165, 1.54) is 25.1 Å². The topological polar surface area (TPSA) is 44.8 Å². The molecule has 0 aromatic heterocycles. The van der Waals surface area contributed by atoms with Crippen LogP contribution in [-0.4, -0.2) is 61.6 Å². The van der Waals surface area contributed by atoms with Crippen molar-refractivity contribution in [3.8, 4) is 5.75 Å². The Hall–Kier alpha value is -1.59. The molecular weight excluding hydrogens is 314 g/mol. The maximum absolute atomic E-state index is 12.3. The lowest BCUT2D eigenvalue weighted by Crippen LogP contribution is -2.38. The molecule has 3 heterocycles. The second-order valence-corrected chi connectivity index (χ2v) is 7.71. The molecule has 136 valence electrons. The number of likely N-dealkylation sites (tertiary alicyclic amines) is 2. The Kier molecular flexibility index (Phi) is 5.22. The van der Waals surface area contributed by atoms with Crippen molar-refractivity contribution in [2.45, 2.75) is 25.8 Å². The van der Waals surface area contributed by atoms with Crippen LogP contribution in [0.2, 0.25) is 0 Å². The van der Waals surface area contributed by atoms with Crippen molar-refractivity contribution in [2.75, 3.05) is 45.9 Å². The van der Waals surface area contributed by atoms with Gasteiger partial charge in [0.2, 0.25) is 0 Å². The van der Waals surface area contributed by atoms with Gasteiger partial charge in [-0.1, -0.05) is 18.2 Å². The molecule has 0 saturated carbocycles. The molecule has 0 unspecified atom stereocenters. The van der Waals surface area contributed by atoms with Crippen molar-refractivity contribution >= 4 is 5.91 Å². The number of fused-ring (bicyclic) bond motifs is 1. The van der Waals surface area contributed by atoms with E-state index in [2.05, 4.69) is 22.3 Å². The Morgan fingerprint density at radius 1 is 1.08 bits per heavy atom. The second-order valence-electron chi connectivity index (χ2n) is 7.71. The quantitative estimate of drug-likeness (QED) is 0.884. The van der Waals surface area contributed by atoms with Gasteiger partial charge in [0.15, 0.2) is 6.61 Å². The summed E-state index contributed by atoms with van der Waals surface area (Å²) in [6.45, 7) is 7.49. The molecule has 0 aliphatic carbocycles. The van der Waals surface area contributed by atoms with E-state index in [-0.39, 0.29) is 12.5 Å². The number of hydrogen-bond donors (Lipinski definition) is 1. The zero-order valence-corrected chi connectivity index (χ0v) is 15.0. The molecule has 3 saturated heterocycles. The number of carbonyl (C=O) groups is 1. The number of carbonyl (C=O) groups excluding carboxylic acids is 1. The van der Waals surface area contributed by atoms with Crippen LogP contribution in [0.5, 0.6) is 5.75 Å². The number of benzene rings is 1. The molecule has 4 rings (SSSR count). The molecule has 25 heavy (non-hydrogen) atoms. The summed E-state index contributed by atoms with van der Waals surface area (Å²) in [4.78, 5) is 16.8. The van der Waals surface area contributed by atoms with Crippen LogP contribution < -0.4 is 10.1 Å². The Labute approximate surface area is 150 Å². The summed E-state index contributed by atoms with van der Waals surface area (Å²) >= 11 is 0. The molecule has 1 amide bonds. The van der Waals surface area contributed by atoms with Crippen LogP contribution in [-0.2, 0) is 11.3 Å². The van der Waals surface area contributed by atoms with E-state index >= 15 is 0 Å². The standard InChI is InChI=1S/C20H29N3O2/c24-20(23-8-4-1-5-9-23)15-25-19-7-3-2-6-16(19)12-22-13-17-10-21-11-18(17)14-22/h2-3,6-7,17-18,21H,1,4-5,8-15H2/t17-,18+. The number of hydrogen-bond acceptors (Lipinski definition) is 4. The average Bonchev–Trinajstić information content (AvgIpc) is 3.23. The molecule has 0 bridgehead atoms. The smallest absolute Gasteiger partial charge is 0.260 e. The predicted molar refractivity (Wildman–Crippen MR) is 97.5 cm³/mol. The highest BCUT2D eigenvalue weighted by Crippen LogP contribution is 2.29. The van der Waals surface area contributed by atoms with E-state index in [1.807, 2.05) is 17.0 Å². The van der Waals surface area contributed by atoms with Gasteiger partial charge in [-0.2, -0.15) is 0 Å². The molecule has 0 spiro atoms. The third-order valence-corrected chi connectivity index (χ3v) is 5.89. The zero-order chi connectivity index (χ0) is 17.1. The van der Waals surface area contributed by atoms with Crippen molar-refractivity contribution in [3.63, 3.8) is 0 Å². The lowest BCUT2D eigenvalue weighted by atomic mass is 10.0. The van der Waals surface area contributed by atoms with Gasteiger partial charge in [-0.3, -0.25) is 9.69 Å². The summed E-state index contributed by atoms with van der Waals surface area (Å²) in [5, 5.41) is 3.49. The fourth-order valence-electron chi connectivity index (χ4n) is 4.47. The molecule has 5 heteroatoms. The lowest BCUT2D eigenvalue weighted by Gasteiger charge is -2.27. The van der Waals surface area contributed by atoms with Crippen LogP contribution in [0, 0.1) is 11.8 Å². The highest BCUT2D eigenvalue weighted by molar-refractivity contribution is 5.77. The number of piperidine rings is 1. The Morgan fingerprint density at radius 2 is 1.80 bits per heavy atom. The third kappa shape index (κ3) is 3.98. The van der Waals surface area contributed by atoms with Crippen molar-refractivity contribution < 1.29 is 9.53 Å². The number of rotatable bonds is 5. The van der Waals surface area contributed by atoms with Gasteiger partial charge in [0.05, 0.1) is 0 Å². The van der Waals surface area contributed by atoms with E-state index < -0.39 is 0 Å². The van der Waals surface area contributed by atoms with Gasteiger partial charge in [0, 0.05) is 38.3 Å². The van der Waals surface area contributed by atoms with Crippen LogP contribution in [0.25, 0.3) is 0 Å². The molecule has 5 nitrogen and oxygen atoms in total. The summed E-state index contributed by atoms with van der Waals surface area (Å²) in [7, 11) is 0. The van der Waals surface area contributed by atoms with Crippen molar-refractivity contribution in [1.82, 2.24) is 15.1 Å². The molecule has 1 aromatic carbocycles. The van der Waals surface area contributed by atoms with Gasteiger partial charge in [-0.05, 0) is 50.3 Å². The molecule has 1 N–H and O–H groups in total. The van der Waals surface area contributed by atoms with Crippen LogP contribution in [0.3, 0.4) is 0 Å². The Bertz CT molecular complexity index is 588. The van der Waals surface area contributed by atoms with Crippen molar-refractivity contribution in [1.29, 1.82) is 0 Å². The molecular formula is C20H29N3O2. The van der Waals surface area contributed by atoms with Gasteiger partial charge >= 0.3 is 0 Å². The SMILES string of the molecule is O=C(COc1ccccc1CN1C[C@H]2CNC[C@H]2C1)N1CCCCC1. The zero-order valence-electron chi connectivity index (χ0n) is 15.0. The van der Waals surface area contributed by atoms with Crippen LogP contribution in [0.4, 0.5) is 0 Å². The summed E-state index contributed by atoms with van der Waals surface area (Å²) in [5.74, 6) is 2.59. The monoisotopic (exact) mass is 343 g/mol. The van der Waals surface area contributed by atoms with Crippen LogP contribution in [0.1, 0.15) is 24.8 Å². The number of amides is 1. The third-order valence-electron chi connectivity index (χ3n) is 5.89. The first-order chi connectivity index (χ1) is 12.3. The molecule has 3 aliphatic rings. The molecule has 0 radical (unpaired) electrons. The highest BCUT2D eigenvalue weighted by atomic mass is 16.5. The summed E-state index contributed by atoms with van der Waals surface area (Å²) in [5.41, 5.74) is 1.20. The average molecular weight is 343 g/mol. The highest BCUT2D eigenvalue weighted by Gasteiger charge is 2.36. The fraction of sp³-hybridized carbons (Fsp3) is 0.650. The Balaban J connectivity index is 1.33. The molecule has 1 aromatic rings. The predicted octanol–water partition coefficient (Wildman–Crippen LogP) is 1.73. The summed E-state index contributed by atoms with van der Waals surface area (Å²) < 4.78 is 5.93. The minimum absolute atomic E-state index is 0.122. The minimum atomic E-state index is 0.122. The first kappa shape index (κ1) is 16.9. The van der Waals surface area contributed by atoms with E-state index in [9.17, 15) is 4.79 Å². The lowest BCUT2D eigenvalue weighted by molar-refractivity contribution is -0.134. The first-order valence-corrected chi connectivity index (χ1v) is 9.71. The van der Waals surface area contributed by atoms with Gasteiger partial charge in [0.1, 0.15) is 5.75 Å². The number of nitrogens with one attached hydrogen (secondary N) is 1. The van der Waals surface area contributed by atoms with Gasteiger partial charge in [0.25, 0.3) is 5.91 Å². The van der Waals surface area contributed by atoms with Crippen molar-refractivity contribution in [3.05, 3.63) is 29.8 Å². The van der Waals surface area contributed by atoms with Crippen molar-refractivity contribution in [2.24, 2.45) is 11.8 Å². The molecule has 3 fully saturated rings. The van der Waals surface area contributed by atoms with E-state index in [0.29, 0.717) is 0 Å². The number of para-hydroxylation sites is 1. The van der Waals surface area contributed by atoms with Gasteiger partial charge in [-0.25, -0.2) is 0 Å². The van der Waals surface area contributed by atoms with Gasteiger partial charge < -0.3 is 15.0 Å². The summed E-state index contributed by atoms with van der Waals surface area (Å²) in [6, 6.07) is 8.18. The number of nitrogens with zero attached hydrogens (tertiary/aromatic N) is 2.